The molecule has 3 nitrogen and oxygen atoms in total. The summed E-state index contributed by atoms with van der Waals surface area (Å²) < 4.78 is 13.0. The maximum absolute atomic E-state index is 13.0. The third kappa shape index (κ3) is 3.01. The molecule has 0 aliphatic carbocycles. The molecule has 0 radical (unpaired) electrons. The minimum atomic E-state index is -0.210. The minimum absolute atomic E-state index is 0.210. The van der Waals surface area contributed by atoms with Crippen LogP contribution in [0.1, 0.15) is 11.3 Å². The lowest BCUT2D eigenvalue weighted by Crippen LogP contribution is -2.16. The average Bonchev–Trinajstić information content (AvgIpc) is 2.77. The Morgan fingerprint density at radius 1 is 1.47 bits per heavy atom. The van der Waals surface area contributed by atoms with Crippen molar-refractivity contribution < 1.29 is 4.39 Å². The van der Waals surface area contributed by atoms with Gasteiger partial charge in [0.2, 0.25) is 0 Å². The second-order valence-electron chi connectivity index (χ2n) is 3.81. The fourth-order valence-corrected chi connectivity index (χ4v) is 2.35. The van der Waals surface area contributed by atoms with Gasteiger partial charge in [0, 0.05) is 25.5 Å². The Morgan fingerprint density at radius 2 is 2.29 bits per heavy atom. The second-order valence-corrected chi connectivity index (χ2v) is 4.65. The second kappa shape index (κ2) is 5.25. The molecule has 90 valence electrons. The molecule has 2 aromatic rings. The van der Waals surface area contributed by atoms with Crippen LogP contribution in [0.15, 0.2) is 29.6 Å². The lowest BCUT2D eigenvalue weighted by atomic mass is 10.2. The highest BCUT2D eigenvalue weighted by Crippen LogP contribution is 2.20. The molecule has 2 N–H and O–H groups in total. The van der Waals surface area contributed by atoms with Crippen LogP contribution in [0.3, 0.4) is 0 Å². The van der Waals surface area contributed by atoms with Gasteiger partial charge in [-0.05, 0) is 17.7 Å². The quantitative estimate of drug-likeness (QED) is 0.907. The maximum atomic E-state index is 13.0. The van der Waals surface area contributed by atoms with Gasteiger partial charge in [0.05, 0.1) is 5.69 Å². The van der Waals surface area contributed by atoms with E-state index in [2.05, 4.69) is 4.98 Å². The Hall–Kier alpha value is -1.46. The summed E-state index contributed by atoms with van der Waals surface area (Å²) in [6.07, 6.45) is 0. The molecule has 2 rings (SSSR count). The highest BCUT2D eigenvalue weighted by atomic mass is 32.1. The highest BCUT2D eigenvalue weighted by molar-refractivity contribution is 7.13. The van der Waals surface area contributed by atoms with Crippen LogP contribution >= 0.6 is 11.3 Å². The topological polar surface area (TPSA) is 42.2 Å². The molecule has 1 heterocycles. The molecule has 0 amide bonds. The molecule has 0 bridgehead atoms. The van der Waals surface area contributed by atoms with E-state index < -0.39 is 0 Å². The van der Waals surface area contributed by atoms with Gasteiger partial charge in [-0.15, -0.1) is 11.3 Å². The summed E-state index contributed by atoms with van der Waals surface area (Å²) in [6, 6.07) is 6.59. The van der Waals surface area contributed by atoms with Crippen LogP contribution < -0.4 is 10.6 Å². The molecule has 0 saturated carbocycles. The molecular formula is C12H14FN3S. The number of nitrogens with two attached hydrogens (primary N) is 1. The Kier molecular flexibility index (Phi) is 3.71. The lowest BCUT2D eigenvalue weighted by molar-refractivity contribution is 0.625. The van der Waals surface area contributed by atoms with Crippen LogP contribution in [-0.2, 0) is 13.1 Å². The predicted molar refractivity (Wildman–Crippen MR) is 68.5 cm³/mol. The first-order valence-electron chi connectivity index (χ1n) is 5.29. The molecule has 0 spiro atoms. The molecule has 1 aromatic heterocycles. The number of thiazole rings is 1. The van der Waals surface area contributed by atoms with Crippen LogP contribution in [0.2, 0.25) is 0 Å². The summed E-state index contributed by atoms with van der Waals surface area (Å²) in [4.78, 5) is 6.36. The van der Waals surface area contributed by atoms with Crippen molar-refractivity contribution in [3.05, 3.63) is 46.7 Å². The fourth-order valence-electron chi connectivity index (χ4n) is 1.54. The molecular weight excluding hydrogens is 237 g/mol. The van der Waals surface area contributed by atoms with Gasteiger partial charge in [-0.1, -0.05) is 12.1 Å². The smallest absolute Gasteiger partial charge is 0.185 e. The van der Waals surface area contributed by atoms with Crippen LogP contribution in [0.5, 0.6) is 0 Å². The van der Waals surface area contributed by atoms with E-state index in [9.17, 15) is 4.39 Å². The van der Waals surface area contributed by atoms with Gasteiger partial charge in [0.1, 0.15) is 5.82 Å². The van der Waals surface area contributed by atoms with Gasteiger partial charge < -0.3 is 10.6 Å². The van der Waals surface area contributed by atoms with E-state index in [-0.39, 0.29) is 5.82 Å². The predicted octanol–water partition coefficient (Wildman–Crippen LogP) is 2.38. The van der Waals surface area contributed by atoms with E-state index in [4.69, 9.17) is 5.73 Å². The number of hydrogen-bond acceptors (Lipinski definition) is 4. The number of anilines is 1. The first kappa shape index (κ1) is 12.0. The first-order valence-corrected chi connectivity index (χ1v) is 6.17. The minimum Gasteiger partial charge on any atom is -0.347 e. The van der Waals surface area contributed by atoms with Gasteiger partial charge in [0.25, 0.3) is 0 Å². The van der Waals surface area contributed by atoms with Crippen LogP contribution in [0, 0.1) is 5.82 Å². The Morgan fingerprint density at radius 3 is 2.94 bits per heavy atom. The van der Waals surface area contributed by atoms with E-state index >= 15 is 0 Å². The molecule has 0 saturated heterocycles. The SMILES string of the molecule is CN(Cc1cccc(F)c1)c1nc(CN)cs1. The van der Waals surface area contributed by atoms with Crippen molar-refractivity contribution in [2.24, 2.45) is 5.73 Å². The molecule has 0 unspecified atom stereocenters. The van der Waals surface area contributed by atoms with Gasteiger partial charge in [-0.3, -0.25) is 0 Å². The normalized spacial score (nSPS) is 10.5. The van der Waals surface area contributed by atoms with Crippen molar-refractivity contribution in [3.63, 3.8) is 0 Å². The Bertz CT molecular complexity index is 498. The van der Waals surface area contributed by atoms with Crippen molar-refractivity contribution in [2.75, 3.05) is 11.9 Å². The van der Waals surface area contributed by atoms with E-state index in [0.29, 0.717) is 13.1 Å². The van der Waals surface area contributed by atoms with Gasteiger partial charge >= 0.3 is 0 Å². The summed E-state index contributed by atoms with van der Waals surface area (Å²) in [5, 5.41) is 2.84. The number of halogens is 1. The Balaban J connectivity index is 2.08. The van der Waals surface area contributed by atoms with E-state index in [1.54, 1.807) is 17.4 Å². The number of benzene rings is 1. The summed E-state index contributed by atoms with van der Waals surface area (Å²) in [5.74, 6) is -0.210. The molecule has 1 aromatic carbocycles. The average molecular weight is 251 g/mol. The monoisotopic (exact) mass is 251 g/mol. The van der Waals surface area contributed by atoms with Crippen molar-refractivity contribution in [3.8, 4) is 0 Å². The van der Waals surface area contributed by atoms with Crippen molar-refractivity contribution in [1.29, 1.82) is 0 Å². The number of nitrogens with zero attached hydrogens (tertiary/aromatic N) is 2. The van der Waals surface area contributed by atoms with Crippen molar-refractivity contribution in [1.82, 2.24) is 4.98 Å². The van der Waals surface area contributed by atoms with Crippen LogP contribution in [0.25, 0.3) is 0 Å². The third-order valence-electron chi connectivity index (χ3n) is 2.38. The zero-order valence-corrected chi connectivity index (χ0v) is 10.4. The number of aromatic nitrogens is 1. The third-order valence-corrected chi connectivity index (χ3v) is 3.39. The first-order chi connectivity index (χ1) is 8.19. The van der Waals surface area contributed by atoms with E-state index in [0.717, 1.165) is 16.4 Å². The summed E-state index contributed by atoms with van der Waals surface area (Å²) >= 11 is 1.55. The number of hydrogen-bond donors (Lipinski definition) is 1. The number of rotatable bonds is 4. The van der Waals surface area contributed by atoms with Gasteiger partial charge in [-0.2, -0.15) is 0 Å². The highest BCUT2D eigenvalue weighted by Gasteiger charge is 2.07. The van der Waals surface area contributed by atoms with Crippen molar-refractivity contribution >= 4 is 16.5 Å². The maximum Gasteiger partial charge on any atom is 0.185 e. The van der Waals surface area contributed by atoms with Crippen LogP contribution in [0.4, 0.5) is 9.52 Å². The molecule has 17 heavy (non-hydrogen) atoms. The van der Waals surface area contributed by atoms with E-state index in [1.165, 1.54) is 12.1 Å². The molecule has 5 heteroatoms. The van der Waals surface area contributed by atoms with Crippen molar-refractivity contribution in [2.45, 2.75) is 13.1 Å². The van der Waals surface area contributed by atoms with Gasteiger partial charge in [0.15, 0.2) is 5.13 Å². The summed E-state index contributed by atoms with van der Waals surface area (Å²) in [5.41, 5.74) is 7.32. The molecule has 0 atom stereocenters. The molecule has 0 aliphatic heterocycles. The zero-order chi connectivity index (χ0) is 12.3. The lowest BCUT2D eigenvalue weighted by Gasteiger charge is -2.15. The largest absolute Gasteiger partial charge is 0.347 e. The zero-order valence-electron chi connectivity index (χ0n) is 9.56. The standard InChI is InChI=1S/C12H14FN3S/c1-16(12-15-11(6-14)8-17-12)7-9-3-2-4-10(13)5-9/h2-5,8H,6-7,14H2,1H3. The van der Waals surface area contributed by atoms with Gasteiger partial charge in [-0.25, -0.2) is 9.37 Å². The van der Waals surface area contributed by atoms with E-state index in [1.807, 2.05) is 23.4 Å². The Labute approximate surface area is 104 Å². The van der Waals surface area contributed by atoms with Crippen LogP contribution in [-0.4, -0.2) is 12.0 Å². The summed E-state index contributed by atoms with van der Waals surface area (Å²) in [7, 11) is 1.93. The fraction of sp³-hybridized carbons (Fsp3) is 0.250. The summed E-state index contributed by atoms with van der Waals surface area (Å²) in [6.45, 7) is 1.08. The molecule has 0 aliphatic rings. The molecule has 0 fully saturated rings.